The zero-order valence-electron chi connectivity index (χ0n) is 11.8. The van der Waals surface area contributed by atoms with Crippen molar-refractivity contribution in [2.75, 3.05) is 26.7 Å². The zero-order chi connectivity index (χ0) is 14.4. The SMILES string of the molecule is COc1cccc(C(=O)NCCC2CCNCC2)c1O. The van der Waals surface area contributed by atoms with Crippen molar-refractivity contribution < 1.29 is 14.6 Å². The number of benzene rings is 1. The normalized spacial score (nSPS) is 15.8. The molecule has 1 aliphatic rings. The summed E-state index contributed by atoms with van der Waals surface area (Å²) in [6.07, 6.45) is 3.32. The lowest BCUT2D eigenvalue weighted by Crippen LogP contribution is -2.31. The molecule has 1 heterocycles. The van der Waals surface area contributed by atoms with Crippen molar-refractivity contribution >= 4 is 5.91 Å². The number of piperidine rings is 1. The van der Waals surface area contributed by atoms with Gasteiger partial charge in [-0.1, -0.05) is 6.07 Å². The van der Waals surface area contributed by atoms with E-state index in [4.69, 9.17) is 4.74 Å². The molecule has 20 heavy (non-hydrogen) atoms. The third-order valence-corrected chi connectivity index (χ3v) is 3.76. The Kier molecular flexibility index (Phi) is 5.24. The first-order chi connectivity index (χ1) is 9.72. The van der Waals surface area contributed by atoms with E-state index in [0.29, 0.717) is 18.2 Å². The molecule has 0 unspecified atom stereocenters. The summed E-state index contributed by atoms with van der Waals surface area (Å²) >= 11 is 0. The van der Waals surface area contributed by atoms with Gasteiger partial charge in [0.1, 0.15) is 0 Å². The van der Waals surface area contributed by atoms with Crippen molar-refractivity contribution in [3.8, 4) is 11.5 Å². The Hall–Kier alpha value is -1.75. The number of nitrogens with one attached hydrogen (secondary N) is 2. The number of rotatable bonds is 5. The molecule has 0 spiro atoms. The summed E-state index contributed by atoms with van der Waals surface area (Å²) in [5.41, 5.74) is 0.259. The van der Waals surface area contributed by atoms with E-state index in [9.17, 15) is 9.90 Å². The number of methoxy groups -OCH3 is 1. The van der Waals surface area contributed by atoms with E-state index >= 15 is 0 Å². The maximum absolute atomic E-state index is 12.0. The molecule has 0 aromatic heterocycles. The number of phenolic OH excluding ortho intramolecular Hbond substituents is 1. The summed E-state index contributed by atoms with van der Waals surface area (Å²) in [6.45, 7) is 2.77. The quantitative estimate of drug-likeness (QED) is 0.764. The molecule has 0 radical (unpaired) electrons. The Morgan fingerprint density at radius 1 is 1.45 bits per heavy atom. The topological polar surface area (TPSA) is 70.6 Å². The smallest absolute Gasteiger partial charge is 0.255 e. The van der Waals surface area contributed by atoms with Crippen LogP contribution in [0.15, 0.2) is 18.2 Å². The highest BCUT2D eigenvalue weighted by Crippen LogP contribution is 2.29. The first-order valence-electron chi connectivity index (χ1n) is 7.07. The third kappa shape index (κ3) is 3.63. The number of carbonyl (C=O) groups excluding carboxylic acids is 1. The van der Waals surface area contributed by atoms with Gasteiger partial charge in [-0.2, -0.15) is 0 Å². The summed E-state index contributed by atoms with van der Waals surface area (Å²) in [5, 5.41) is 16.1. The fourth-order valence-corrected chi connectivity index (χ4v) is 2.53. The fourth-order valence-electron chi connectivity index (χ4n) is 2.53. The summed E-state index contributed by atoms with van der Waals surface area (Å²) in [7, 11) is 1.47. The molecule has 5 heteroatoms. The third-order valence-electron chi connectivity index (χ3n) is 3.76. The van der Waals surface area contributed by atoms with Crippen LogP contribution in [0.1, 0.15) is 29.6 Å². The van der Waals surface area contributed by atoms with E-state index in [1.165, 1.54) is 20.0 Å². The molecule has 1 amide bonds. The molecule has 5 nitrogen and oxygen atoms in total. The Labute approximate surface area is 119 Å². The van der Waals surface area contributed by atoms with Crippen molar-refractivity contribution in [2.45, 2.75) is 19.3 Å². The highest BCUT2D eigenvalue weighted by molar-refractivity contribution is 5.97. The van der Waals surface area contributed by atoms with Gasteiger partial charge < -0.3 is 20.5 Å². The molecule has 0 saturated carbocycles. The number of hydrogen-bond donors (Lipinski definition) is 3. The first-order valence-corrected chi connectivity index (χ1v) is 7.07. The second-order valence-electron chi connectivity index (χ2n) is 5.09. The lowest BCUT2D eigenvalue weighted by molar-refractivity contribution is 0.0947. The molecule has 1 aromatic carbocycles. The van der Waals surface area contributed by atoms with Gasteiger partial charge in [0.05, 0.1) is 12.7 Å². The number of ether oxygens (including phenoxy) is 1. The molecule has 0 bridgehead atoms. The first kappa shape index (κ1) is 14.7. The van der Waals surface area contributed by atoms with Gasteiger partial charge >= 0.3 is 0 Å². The Morgan fingerprint density at radius 2 is 2.20 bits per heavy atom. The number of amides is 1. The summed E-state index contributed by atoms with van der Waals surface area (Å²) in [6, 6.07) is 4.92. The Balaban J connectivity index is 1.85. The van der Waals surface area contributed by atoms with Gasteiger partial charge in [0, 0.05) is 6.54 Å². The van der Waals surface area contributed by atoms with Crippen LogP contribution in [-0.4, -0.2) is 37.8 Å². The molecule has 0 atom stereocenters. The Morgan fingerprint density at radius 3 is 2.90 bits per heavy atom. The van der Waals surface area contributed by atoms with E-state index in [1.807, 2.05) is 0 Å². The number of para-hydroxylation sites is 1. The molecular weight excluding hydrogens is 256 g/mol. The van der Waals surface area contributed by atoms with Crippen LogP contribution >= 0.6 is 0 Å². The van der Waals surface area contributed by atoms with Crippen LogP contribution in [0.25, 0.3) is 0 Å². The highest BCUT2D eigenvalue weighted by Gasteiger charge is 2.16. The monoisotopic (exact) mass is 278 g/mol. The average Bonchev–Trinajstić information content (AvgIpc) is 2.48. The minimum Gasteiger partial charge on any atom is -0.504 e. The van der Waals surface area contributed by atoms with Crippen molar-refractivity contribution in [1.82, 2.24) is 10.6 Å². The Bertz CT molecular complexity index is 456. The van der Waals surface area contributed by atoms with Crippen molar-refractivity contribution in [3.05, 3.63) is 23.8 Å². The second kappa shape index (κ2) is 7.14. The van der Waals surface area contributed by atoms with Crippen molar-refractivity contribution in [2.24, 2.45) is 5.92 Å². The van der Waals surface area contributed by atoms with Crippen LogP contribution in [0.2, 0.25) is 0 Å². The van der Waals surface area contributed by atoms with Crippen LogP contribution in [0.4, 0.5) is 0 Å². The van der Waals surface area contributed by atoms with Gasteiger partial charge in [-0.15, -0.1) is 0 Å². The number of aromatic hydroxyl groups is 1. The number of hydrogen-bond acceptors (Lipinski definition) is 4. The maximum atomic E-state index is 12.0. The van der Waals surface area contributed by atoms with Crippen molar-refractivity contribution in [1.29, 1.82) is 0 Å². The highest BCUT2D eigenvalue weighted by atomic mass is 16.5. The minimum atomic E-state index is -0.254. The van der Waals surface area contributed by atoms with Crippen LogP contribution in [0, 0.1) is 5.92 Å². The van der Waals surface area contributed by atoms with Gasteiger partial charge in [0.25, 0.3) is 5.91 Å². The van der Waals surface area contributed by atoms with Crippen molar-refractivity contribution in [3.63, 3.8) is 0 Å². The van der Waals surface area contributed by atoms with Gasteiger partial charge in [-0.25, -0.2) is 0 Å². The lowest BCUT2D eigenvalue weighted by atomic mass is 9.95. The number of carbonyl (C=O) groups is 1. The molecule has 1 fully saturated rings. The summed E-state index contributed by atoms with van der Waals surface area (Å²) in [4.78, 5) is 12.0. The van der Waals surface area contributed by atoms with Crippen LogP contribution < -0.4 is 15.4 Å². The van der Waals surface area contributed by atoms with Crippen LogP contribution in [0.5, 0.6) is 11.5 Å². The fraction of sp³-hybridized carbons (Fsp3) is 0.533. The molecule has 1 aromatic rings. The molecule has 1 aliphatic heterocycles. The van der Waals surface area contributed by atoms with E-state index in [-0.39, 0.29) is 17.2 Å². The summed E-state index contributed by atoms with van der Waals surface area (Å²) < 4.78 is 5.00. The molecular formula is C15H22N2O3. The predicted octanol–water partition coefficient (Wildman–Crippen LogP) is 1.52. The second-order valence-corrected chi connectivity index (χ2v) is 5.09. The zero-order valence-corrected chi connectivity index (χ0v) is 11.8. The molecule has 0 aliphatic carbocycles. The van der Waals surface area contributed by atoms with E-state index in [1.54, 1.807) is 18.2 Å². The number of phenols is 1. The summed E-state index contributed by atoms with van der Waals surface area (Å²) in [5.74, 6) is 0.635. The van der Waals surface area contributed by atoms with E-state index < -0.39 is 0 Å². The van der Waals surface area contributed by atoms with Gasteiger partial charge in [-0.05, 0) is 50.4 Å². The van der Waals surface area contributed by atoms with Crippen LogP contribution in [-0.2, 0) is 0 Å². The lowest BCUT2D eigenvalue weighted by Gasteiger charge is -2.22. The minimum absolute atomic E-state index is 0.102. The van der Waals surface area contributed by atoms with E-state index in [0.717, 1.165) is 19.5 Å². The van der Waals surface area contributed by atoms with Crippen LogP contribution in [0.3, 0.4) is 0 Å². The standard InChI is InChI=1S/C15H22N2O3/c1-20-13-4-2-3-12(14(13)18)15(19)17-10-7-11-5-8-16-9-6-11/h2-4,11,16,18H,5-10H2,1H3,(H,17,19). The van der Waals surface area contributed by atoms with Gasteiger partial charge in [-0.3, -0.25) is 4.79 Å². The van der Waals surface area contributed by atoms with E-state index in [2.05, 4.69) is 10.6 Å². The van der Waals surface area contributed by atoms with Gasteiger partial charge in [0.15, 0.2) is 11.5 Å². The molecule has 3 N–H and O–H groups in total. The maximum Gasteiger partial charge on any atom is 0.255 e. The molecule has 2 rings (SSSR count). The average molecular weight is 278 g/mol. The van der Waals surface area contributed by atoms with Gasteiger partial charge in [0.2, 0.25) is 0 Å². The largest absolute Gasteiger partial charge is 0.504 e. The molecule has 110 valence electrons. The molecule has 1 saturated heterocycles. The predicted molar refractivity (Wildman–Crippen MR) is 77.2 cm³/mol.